The molecule has 0 saturated heterocycles. The van der Waals surface area contributed by atoms with Gasteiger partial charge < -0.3 is 0 Å². The van der Waals surface area contributed by atoms with E-state index < -0.39 is 11.6 Å². The lowest BCUT2D eigenvalue weighted by Gasteiger charge is -2.06. The number of hydrogen-bond donors (Lipinski definition) is 0. The second kappa shape index (κ2) is 6.68. The molecule has 0 fully saturated rings. The van der Waals surface area contributed by atoms with Crippen LogP contribution in [0, 0.1) is 37.3 Å². The van der Waals surface area contributed by atoms with Crippen LogP contribution in [0.4, 0.5) is 8.78 Å². The number of benzene rings is 3. The van der Waals surface area contributed by atoms with E-state index in [2.05, 4.69) is 11.8 Å². The van der Waals surface area contributed by atoms with Gasteiger partial charge in [-0.15, -0.1) is 0 Å². The lowest BCUT2D eigenvalue weighted by atomic mass is 10.0. The number of rotatable bonds is 1. The summed E-state index contributed by atoms with van der Waals surface area (Å²) in [5.74, 6) is 5.04. The Bertz CT molecular complexity index is 901. The second-order valence-corrected chi connectivity index (χ2v) is 5.80. The first kappa shape index (κ1) is 16.0. The molecule has 0 amide bonds. The maximum Gasteiger partial charge on any atom is 0.134 e. The Hall–Kier alpha value is -2.92. The monoisotopic (exact) mass is 318 g/mol. The van der Waals surface area contributed by atoms with Gasteiger partial charge in [-0.2, -0.15) is 0 Å². The van der Waals surface area contributed by atoms with Gasteiger partial charge in [-0.05, 0) is 61.4 Å². The molecule has 0 unspecified atom stereocenters. The summed E-state index contributed by atoms with van der Waals surface area (Å²) in [5, 5.41) is 0. The van der Waals surface area contributed by atoms with Gasteiger partial charge >= 0.3 is 0 Å². The summed E-state index contributed by atoms with van der Waals surface area (Å²) in [6.07, 6.45) is 0. The molecule has 0 radical (unpaired) electrons. The van der Waals surface area contributed by atoms with Gasteiger partial charge in [-0.3, -0.25) is 0 Å². The van der Waals surface area contributed by atoms with Gasteiger partial charge in [0.2, 0.25) is 0 Å². The lowest BCUT2D eigenvalue weighted by Crippen LogP contribution is -1.92. The largest absolute Gasteiger partial charge is 0.206 e. The molecule has 0 aliphatic heterocycles. The molecule has 2 heteroatoms. The first-order valence-electron chi connectivity index (χ1n) is 7.68. The fourth-order valence-electron chi connectivity index (χ4n) is 2.48. The molecule has 0 aromatic heterocycles. The van der Waals surface area contributed by atoms with E-state index in [0.29, 0.717) is 11.1 Å². The third kappa shape index (κ3) is 3.52. The highest BCUT2D eigenvalue weighted by atomic mass is 19.1. The Labute approximate surface area is 140 Å². The summed E-state index contributed by atoms with van der Waals surface area (Å²) in [7, 11) is 0. The van der Waals surface area contributed by atoms with Crippen LogP contribution in [0.3, 0.4) is 0 Å². The number of aryl methyl sites for hydroxylation is 2. The van der Waals surface area contributed by atoms with Crippen molar-refractivity contribution in [2.75, 3.05) is 0 Å². The SMILES string of the molecule is Cc1ccc(C#Cc2ccc(-c3c(F)cc(C)cc3F)cc2)cc1. The zero-order valence-electron chi connectivity index (χ0n) is 13.5. The molecule has 0 bridgehead atoms. The summed E-state index contributed by atoms with van der Waals surface area (Å²) >= 11 is 0. The van der Waals surface area contributed by atoms with E-state index in [-0.39, 0.29) is 5.56 Å². The zero-order chi connectivity index (χ0) is 17.1. The molecule has 0 heterocycles. The number of halogens is 2. The molecule has 3 aromatic carbocycles. The van der Waals surface area contributed by atoms with Crippen molar-refractivity contribution in [2.24, 2.45) is 0 Å². The van der Waals surface area contributed by atoms with Crippen LogP contribution < -0.4 is 0 Å². The molecule has 0 N–H and O–H groups in total. The highest BCUT2D eigenvalue weighted by molar-refractivity contribution is 5.66. The second-order valence-electron chi connectivity index (χ2n) is 5.80. The van der Waals surface area contributed by atoms with Crippen LogP contribution in [0.2, 0.25) is 0 Å². The van der Waals surface area contributed by atoms with Gasteiger partial charge in [0.1, 0.15) is 11.6 Å². The summed E-state index contributed by atoms with van der Waals surface area (Å²) in [4.78, 5) is 0. The maximum atomic E-state index is 14.0. The topological polar surface area (TPSA) is 0 Å². The predicted octanol–water partition coefficient (Wildman–Crippen LogP) is 5.65. The molecule has 24 heavy (non-hydrogen) atoms. The smallest absolute Gasteiger partial charge is 0.134 e. The Morgan fingerprint density at radius 2 is 1.08 bits per heavy atom. The first-order valence-corrected chi connectivity index (χ1v) is 7.68. The van der Waals surface area contributed by atoms with Crippen LogP contribution >= 0.6 is 0 Å². The van der Waals surface area contributed by atoms with E-state index in [0.717, 1.165) is 11.1 Å². The van der Waals surface area contributed by atoms with Crippen LogP contribution in [0.5, 0.6) is 0 Å². The van der Waals surface area contributed by atoms with Crippen molar-refractivity contribution in [3.05, 3.63) is 94.6 Å². The van der Waals surface area contributed by atoms with E-state index in [1.54, 1.807) is 31.2 Å². The minimum atomic E-state index is -0.550. The van der Waals surface area contributed by atoms with Crippen LogP contribution in [-0.4, -0.2) is 0 Å². The molecule has 3 aromatic rings. The van der Waals surface area contributed by atoms with Crippen molar-refractivity contribution >= 4 is 0 Å². The summed E-state index contributed by atoms with van der Waals surface area (Å²) < 4.78 is 28.1. The van der Waals surface area contributed by atoms with Gasteiger partial charge in [-0.1, -0.05) is 41.7 Å². The standard InChI is InChI=1S/C22H16F2/c1-15-3-5-17(6-4-15)7-8-18-9-11-19(12-10-18)22-20(23)13-16(2)14-21(22)24/h3-6,9-14H,1-2H3. The number of hydrogen-bond acceptors (Lipinski definition) is 0. The molecular formula is C22H16F2. The van der Waals surface area contributed by atoms with Crippen molar-refractivity contribution in [3.8, 4) is 23.0 Å². The normalized spacial score (nSPS) is 10.2. The summed E-state index contributed by atoms with van der Waals surface area (Å²) in [6.45, 7) is 3.69. The molecule has 3 rings (SSSR count). The minimum Gasteiger partial charge on any atom is -0.206 e. The first-order chi connectivity index (χ1) is 11.5. The molecule has 0 nitrogen and oxygen atoms in total. The Balaban J connectivity index is 1.88. The Morgan fingerprint density at radius 3 is 1.58 bits per heavy atom. The third-order valence-electron chi connectivity index (χ3n) is 3.76. The fraction of sp³-hybridized carbons (Fsp3) is 0.0909. The van der Waals surface area contributed by atoms with Crippen molar-refractivity contribution in [1.29, 1.82) is 0 Å². The molecule has 0 saturated carbocycles. The minimum absolute atomic E-state index is 0.00126. The molecule has 0 atom stereocenters. The summed E-state index contributed by atoms with van der Waals surface area (Å²) in [5.41, 5.74) is 3.98. The Kier molecular flexibility index (Phi) is 4.44. The van der Waals surface area contributed by atoms with Crippen LogP contribution in [0.15, 0.2) is 60.7 Å². The van der Waals surface area contributed by atoms with Gasteiger partial charge in [0.25, 0.3) is 0 Å². The van der Waals surface area contributed by atoms with Crippen molar-refractivity contribution in [2.45, 2.75) is 13.8 Å². The van der Waals surface area contributed by atoms with E-state index >= 15 is 0 Å². The zero-order valence-corrected chi connectivity index (χ0v) is 13.5. The van der Waals surface area contributed by atoms with E-state index in [9.17, 15) is 8.78 Å². The van der Waals surface area contributed by atoms with Crippen LogP contribution in [0.25, 0.3) is 11.1 Å². The maximum absolute atomic E-state index is 14.0. The highest BCUT2D eigenvalue weighted by Gasteiger charge is 2.11. The quantitative estimate of drug-likeness (QED) is 0.509. The molecule has 0 aliphatic carbocycles. The van der Waals surface area contributed by atoms with Crippen LogP contribution in [-0.2, 0) is 0 Å². The molecule has 118 valence electrons. The average molecular weight is 318 g/mol. The molecular weight excluding hydrogens is 302 g/mol. The van der Waals surface area contributed by atoms with Crippen molar-refractivity contribution in [1.82, 2.24) is 0 Å². The van der Waals surface area contributed by atoms with Gasteiger partial charge in [0.05, 0.1) is 5.56 Å². The van der Waals surface area contributed by atoms with Gasteiger partial charge in [0.15, 0.2) is 0 Å². The van der Waals surface area contributed by atoms with E-state index in [1.165, 1.54) is 17.7 Å². The van der Waals surface area contributed by atoms with Crippen molar-refractivity contribution in [3.63, 3.8) is 0 Å². The van der Waals surface area contributed by atoms with Crippen LogP contribution in [0.1, 0.15) is 22.3 Å². The lowest BCUT2D eigenvalue weighted by molar-refractivity contribution is 0.588. The van der Waals surface area contributed by atoms with Gasteiger partial charge in [-0.25, -0.2) is 8.78 Å². The predicted molar refractivity (Wildman–Crippen MR) is 93.7 cm³/mol. The fourth-order valence-corrected chi connectivity index (χ4v) is 2.48. The van der Waals surface area contributed by atoms with E-state index in [4.69, 9.17) is 0 Å². The highest BCUT2D eigenvalue weighted by Crippen LogP contribution is 2.27. The third-order valence-corrected chi connectivity index (χ3v) is 3.76. The van der Waals surface area contributed by atoms with Crippen molar-refractivity contribution < 1.29 is 8.78 Å². The van der Waals surface area contributed by atoms with E-state index in [1.807, 2.05) is 31.2 Å². The Morgan fingerprint density at radius 1 is 0.625 bits per heavy atom. The average Bonchev–Trinajstić information content (AvgIpc) is 2.54. The summed E-state index contributed by atoms with van der Waals surface area (Å²) in [6, 6.07) is 17.6. The molecule has 0 spiro atoms. The van der Waals surface area contributed by atoms with Gasteiger partial charge in [0, 0.05) is 11.1 Å². The molecule has 0 aliphatic rings.